The highest BCUT2D eigenvalue weighted by molar-refractivity contribution is 7.91. The van der Waals surface area contributed by atoms with Crippen molar-refractivity contribution in [3.8, 4) is 5.06 Å². The zero-order valence-electron chi connectivity index (χ0n) is 13.7. The molecule has 2 aliphatic heterocycles. The van der Waals surface area contributed by atoms with Gasteiger partial charge in [0.15, 0.2) is 14.9 Å². The van der Waals surface area contributed by atoms with Crippen LogP contribution >= 0.6 is 11.3 Å². The van der Waals surface area contributed by atoms with Crippen molar-refractivity contribution in [2.24, 2.45) is 0 Å². The number of fused-ring (bicyclic) bond motifs is 1. The van der Waals surface area contributed by atoms with Crippen molar-refractivity contribution in [2.75, 3.05) is 32.5 Å². The number of ether oxygens (including phenoxy) is 1. The number of hydrogen-bond donors (Lipinski definition) is 1. The van der Waals surface area contributed by atoms with Crippen LogP contribution in [0.1, 0.15) is 36.1 Å². The predicted molar refractivity (Wildman–Crippen MR) is 93.9 cm³/mol. The number of likely N-dealkylation sites (tertiary alicyclic amines) is 1. The summed E-state index contributed by atoms with van der Waals surface area (Å²) in [7, 11) is -3.05. The van der Waals surface area contributed by atoms with Crippen LogP contribution in [0.15, 0.2) is 6.07 Å². The van der Waals surface area contributed by atoms with Crippen molar-refractivity contribution >= 4 is 21.2 Å². The summed E-state index contributed by atoms with van der Waals surface area (Å²) in [6.45, 7) is 4.92. The number of sulfone groups is 1. The fraction of sp³-hybridized carbons (Fsp3) is 0.750. The number of rotatable bonds is 6. The Morgan fingerprint density at radius 2 is 2.13 bits per heavy atom. The van der Waals surface area contributed by atoms with E-state index in [1.165, 1.54) is 43.5 Å². The summed E-state index contributed by atoms with van der Waals surface area (Å²) in [6, 6.07) is 2.03. The first-order chi connectivity index (χ1) is 11.0. The van der Waals surface area contributed by atoms with Crippen molar-refractivity contribution in [1.29, 1.82) is 0 Å². The van der Waals surface area contributed by atoms with Gasteiger partial charge < -0.3 is 9.64 Å². The van der Waals surface area contributed by atoms with Crippen molar-refractivity contribution in [1.82, 2.24) is 10.2 Å². The molecule has 0 saturated carbocycles. The highest BCUT2D eigenvalue weighted by Crippen LogP contribution is 2.33. The van der Waals surface area contributed by atoms with E-state index in [9.17, 15) is 8.42 Å². The average molecular weight is 359 g/mol. The van der Waals surface area contributed by atoms with Crippen molar-refractivity contribution < 1.29 is 13.2 Å². The van der Waals surface area contributed by atoms with Gasteiger partial charge in [0, 0.05) is 30.6 Å². The Morgan fingerprint density at radius 1 is 1.35 bits per heavy atom. The van der Waals surface area contributed by atoms with Crippen molar-refractivity contribution in [3.05, 3.63) is 16.5 Å². The van der Waals surface area contributed by atoms with E-state index in [1.54, 1.807) is 11.3 Å². The van der Waals surface area contributed by atoms with Gasteiger partial charge in [-0.3, -0.25) is 5.32 Å². The third kappa shape index (κ3) is 4.68. The van der Waals surface area contributed by atoms with Gasteiger partial charge in [0.2, 0.25) is 0 Å². The SMILES string of the molecule is CS(=O)(=O)C1Cc2cc(OCCCN3CCCCC3)sc2CN1. The summed E-state index contributed by atoms with van der Waals surface area (Å²) < 4.78 is 29.2. The van der Waals surface area contributed by atoms with Crippen LogP contribution in [0.5, 0.6) is 5.06 Å². The summed E-state index contributed by atoms with van der Waals surface area (Å²) in [5.41, 5.74) is 1.12. The van der Waals surface area contributed by atoms with Gasteiger partial charge in [0.25, 0.3) is 0 Å². The Bertz CT molecular complexity index is 621. The molecule has 0 amide bonds. The van der Waals surface area contributed by atoms with Gasteiger partial charge in [0.05, 0.1) is 6.61 Å². The number of hydrogen-bond acceptors (Lipinski definition) is 6. The predicted octanol–water partition coefficient (Wildman–Crippen LogP) is 2.02. The third-order valence-corrected chi connectivity index (χ3v) is 7.05. The molecule has 3 heterocycles. The van der Waals surface area contributed by atoms with Crippen LogP contribution in [0.25, 0.3) is 0 Å². The van der Waals surface area contributed by atoms with E-state index in [0.717, 1.165) is 30.2 Å². The number of thiophene rings is 1. The molecule has 2 aliphatic rings. The lowest BCUT2D eigenvalue weighted by Gasteiger charge is -2.26. The lowest BCUT2D eigenvalue weighted by Crippen LogP contribution is -2.40. The molecule has 0 aromatic carbocycles. The largest absolute Gasteiger partial charge is 0.484 e. The van der Waals surface area contributed by atoms with Crippen molar-refractivity contribution in [2.45, 2.75) is 44.0 Å². The van der Waals surface area contributed by atoms with E-state index < -0.39 is 15.2 Å². The van der Waals surface area contributed by atoms with Crippen LogP contribution in [0.3, 0.4) is 0 Å². The fourth-order valence-corrected chi connectivity index (χ4v) is 5.14. The second-order valence-corrected chi connectivity index (χ2v) is 9.85. The number of nitrogens with zero attached hydrogens (tertiary/aromatic N) is 1. The van der Waals surface area contributed by atoms with Crippen LogP contribution < -0.4 is 10.1 Å². The van der Waals surface area contributed by atoms with Gasteiger partial charge in [-0.2, -0.15) is 0 Å². The molecule has 1 saturated heterocycles. The van der Waals surface area contributed by atoms with E-state index >= 15 is 0 Å². The fourth-order valence-electron chi connectivity index (χ4n) is 3.26. The minimum atomic E-state index is -3.05. The highest BCUT2D eigenvalue weighted by Gasteiger charge is 2.27. The van der Waals surface area contributed by atoms with Crippen LogP contribution in [0.4, 0.5) is 0 Å². The van der Waals surface area contributed by atoms with Crippen LogP contribution in [-0.4, -0.2) is 51.2 Å². The monoisotopic (exact) mass is 358 g/mol. The Labute approximate surface area is 142 Å². The number of piperidine rings is 1. The van der Waals surface area contributed by atoms with E-state index in [1.807, 2.05) is 6.07 Å². The molecule has 1 aromatic rings. The van der Waals surface area contributed by atoms with E-state index in [0.29, 0.717) is 13.0 Å². The molecule has 7 heteroatoms. The number of nitrogens with one attached hydrogen (secondary N) is 1. The minimum Gasteiger partial charge on any atom is -0.484 e. The van der Waals surface area contributed by atoms with E-state index in [2.05, 4.69) is 10.2 Å². The van der Waals surface area contributed by atoms with Gasteiger partial charge >= 0.3 is 0 Å². The van der Waals surface area contributed by atoms with Crippen LogP contribution in [0, 0.1) is 0 Å². The molecule has 23 heavy (non-hydrogen) atoms. The van der Waals surface area contributed by atoms with Gasteiger partial charge in [-0.1, -0.05) is 6.42 Å². The van der Waals surface area contributed by atoms with Gasteiger partial charge in [-0.25, -0.2) is 8.42 Å². The molecule has 1 atom stereocenters. The van der Waals surface area contributed by atoms with Crippen LogP contribution in [-0.2, 0) is 22.8 Å². The second-order valence-electron chi connectivity index (χ2n) is 6.52. The smallest absolute Gasteiger partial charge is 0.174 e. The zero-order chi connectivity index (χ0) is 16.3. The molecule has 1 unspecified atom stereocenters. The van der Waals surface area contributed by atoms with Crippen molar-refractivity contribution in [3.63, 3.8) is 0 Å². The van der Waals surface area contributed by atoms with Gasteiger partial charge in [-0.05, 0) is 44.0 Å². The summed E-state index contributed by atoms with van der Waals surface area (Å²) in [6.07, 6.45) is 6.91. The third-order valence-electron chi connectivity index (χ3n) is 4.60. The van der Waals surface area contributed by atoms with E-state index in [-0.39, 0.29) is 0 Å². The molecule has 1 aromatic heterocycles. The normalized spacial score (nSPS) is 22.7. The Balaban J connectivity index is 1.46. The maximum Gasteiger partial charge on any atom is 0.174 e. The molecule has 0 aliphatic carbocycles. The Morgan fingerprint density at radius 3 is 2.87 bits per heavy atom. The lowest BCUT2D eigenvalue weighted by molar-refractivity contribution is 0.206. The average Bonchev–Trinajstić information content (AvgIpc) is 2.93. The molecule has 130 valence electrons. The van der Waals surface area contributed by atoms with Crippen LogP contribution in [0.2, 0.25) is 0 Å². The first-order valence-corrected chi connectivity index (χ1v) is 11.2. The Kier molecular flexibility index (Phi) is 5.61. The maximum absolute atomic E-state index is 11.7. The van der Waals surface area contributed by atoms with Gasteiger partial charge in [0.1, 0.15) is 5.37 Å². The molecule has 1 N–H and O–H groups in total. The molecule has 0 spiro atoms. The summed E-state index contributed by atoms with van der Waals surface area (Å²) >= 11 is 1.64. The summed E-state index contributed by atoms with van der Waals surface area (Å²) in [4.78, 5) is 3.73. The summed E-state index contributed by atoms with van der Waals surface area (Å²) in [5.74, 6) is 0. The highest BCUT2D eigenvalue weighted by atomic mass is 32.2. The maximum atomic E-state index is 11.7. The molecule has 3 rings (SSSR count). The Hall–Kier alpha value is -0.630. The van der Waals surface area contributed by atoms with Gasteiger partial charge in [-0.15, -0.1) is 11.3 Å². The molecular formula is C16H26N2O3S2. The lowest BCUT2D eigenvalue weighted by atomic mass is 10.1. The zero-order valence-corrected chi connectivity index (χ0v) is 15.3. The minimum absolute atomic E-state index is 0.462. The first kappa shape index (κ1) is 17.2. The summed E-state index contributed by atoms with van der Waals surface area (Å²) in [5, 5.41) is 3.56. The quantitative estimate of drug-likeness (QED) is 0.789. The molecule has 5 nitrogen and oxygen atoms in total. The second kappa shape index (κ2) is 7.51. The molecule has 1 fully saturated rings. The topological polar surface area (TPSA) is 58.6 Å². The first-order valence-electron chi connectivity index (χ1n) is 8.41. The molecular weight excluding hydrogens is 332 g/mol. The molecule has 0 bridgehead atoms. The standard InChI is InChI=1S/C16H26N2O3S2/c1-23(19,20)15-10-13-11-16(22-14(13)12-17-15)21-9-5-8-18-6-3-2-4-7-18/h11,15,17H,2-10,12H2,1H3. The molecule has 0 radical (unpaired) electrons. The van der Waals surface area contributed by atoms with E-state index in [4.69, 9.17) is 4.74 Å².